The highest BCUT2D eigenvalue weighted by atomic mass is 79.9. The second-order valence-electron chi connectivity index (χ2n) is 9.15. The first-order valence-corrected chi connectivity index (χ1v) is 11.7. The quantitative estimate of drug-likeness (QED) is 0.316. The highest BCUT2D eigenvalue weighted by molar-refractivity contribution is 9.08. The summed E-state index contributed by atoms with van der Waals surface area (Å²) in [6.07, 6.45) is -2.89. The fraction of sp³-hybridized carbons (Fsp3) is 0.480. The van der Waals surface area contributed by atoms with Crippen LogP contribution in [0.15, 0.2) is 42.5 Å². The molecule has 0 aliphatic heterocycles. The topological polar surface area (TPSA) is 26.3 Å². The van der Waals surface area contributed by atoms with Gasteiger partial charge in [0.05, 0.1) is 11.5 Å². The van der Waals surface area contributed by atoms with Gasteiger partial charge >= 0.3 is 12.1 Å². The van der Waals surface area contributed by atoms with Gasteiger partial charge in [0, 0.05) is 5.33 Å². The molecule has 2 aromatic carbocycles. The number of hydrogen-bond acceptors (Lipinski definition) is 2. The molecule has 1 saturated carbocycles. The molecule has 31 heavy (non-hydrogen) atoms. The van der Waals surface area contributed by atoms with E-state index in [1.807, 2.05) is 51.1 Å². The molecule has 1 aliphatic rings. The molecule has 1 fully saturated rings. The zero-order valence-electron chi connectivity index (χ0n) is 18.1. The Bertz CT molecular complexity index is 923. The molecule has 0 saturated heterocycles. The fourth-order valence-corrected chi connectivity index (χ4v) is 4.81. The van der Waals surface area contributed by atoms with Crippen molar-refractivity contribution in [1.82, 2.24) is 0 Å². The van der Waals surface area contributed by atoms with Crippen LogP contribution in [0.4, 0.5) is 13.2 Å². The molecule has 6 heteroatoms. The van der Waals surface area contributed by atoms with Crippen LogP contribution >= 0.6 is 15.9 Å². The van der Waals surface area contributed by atoms with E-state index in [1.54, 1.807) is 12.1 Å². The van der Waals surface area contributed by atoms with E-state index in [-0.39, 0.29) is 18.8 Å². The van der Waals surface area contributed by atoms with Crippen molar-refractivity contribution in [3.8, 4) is 11.1 Å². The normalized spacial score (nSPS) is 19.8. The van der Waals surface area contributed by atoms with Crippen molar-refractivity contribution >= 4 is 21.9 Å². The van der Waals surface area contributed by atoms with Crippen LogP contribution in [0.2, 0.25) is 0 Å². The lowest BCUT2D eigenvalue weighted by molar-refractivity contribution is -0.182. The van der Waals surface area contributed by atoms with Crippen molar-refractivity contribution in [1.29, 1.82) is 0 Å². The summed E-state index contributed by atoms with van der Waals surface area (Å²) in [4.78, 5) is 12.9. The fourth-order valence-electron chi connectivity index (χ4n) is 4.34. The minimum Gasteiger partial charge on any atom is -0.456 e. The lowest BCUT2D eigenvalue weighted by Gasteiger charge is -2.32. The van der Waals surface area contributed by atoms with Crippen LogP contribution in [-0.2, 0) is 10.1 Å². The standard InChI is InChI=1S/C25H28BrF3O2/c1-24(2,3)31-23(30)21-9-5-4-8-20(21)22-17(15-26)7-6-10-19(22)16-11-13-18(14-12-16)25(27,28)29/h4-10,16,18H,11-15H2,1-3H3. The van der Waals surface area contributed by atoms with Crippen LogP contribution in [-0.4, -0.2) is 17.7 Å². The first-order chi connectivity index (χ1) is 14.5. The summed E-state index contributed by atoms with van der Waals surface area (Å²) in [6.45, 7) is 5.47. The van der Waals surface area contributed by atoms with E-state index in [2.05, 4.69) is 15.9 Å². The van der Waals surface area contributed by atoms with Crippen LogP contribution in [0.1, 0.15) is 73.9 Å². The zero-order valence-corrected chi connectivity index (χ0v) is 19.6. The Labute approximate surface area is 190 Å². The van der Waals surface area contributed by atoms with Gasteiger partial charge in [0.1, 0.15) is 5.60 Å². The molecule has 1 aliphatic carbocycles. The molecule has 0 aromatic heterocycles. The van der Waals surface area contributed by atoms with E-state index in [9.17, 15) is 18.0 Å². The van der Waals surface area contributed by atoms with Gasteiger partial charge < -0.3 is 4.74 Å². The Kier molecular flexibility index (Phi) is 7.19. The molecule has 0 radical (unpaired) electrons. The van der Waals surface area contributed by atoms with Gasteiger partial charge in [-0.25, -0.2) is 4.79 Å². The summed E-state index contributed by atoms with van der Waals surface area (Å²) in [7, 11) is 0. The van der Waals surface area contributed by atoms with Crippen molar-refractivity contribution in [2.75, 3.05) is 0 Å². The van der Waals surface area contributed by atoms with Gasteiger partial charge in [-0.05, 0) is 80.7 Å². The van der Waals surface area contributed by atoms with E-state index >= 15 is 0 Å². The summed E-state index contributed by atoms with van der Waals surface area (Å²) in [5, 5.41) is 0.580. The number of carbonyl (C=O) groups excluding carboxylic acids is 1. The van der Waals surface area contributed by atoms with Crippen LogP contribution in [0.3, 0.4) is 0 Å². The predicted octanol–water partition coefficient (Wildman–Crippen LogP) is 8.04. The SMILES string of the molecule is CC(C)(C)OC(=O)c1ccccc1-c1c(CBr)cccc1C1CCC(C(F)(F)F)CC1. The van der Waals surface area contributed by atoms with Crippen LogP contribution < -0.4 is 0 Å². The van der Waals surface area contributed by atoms with E-state index in [1.165, 1.54) is 0 Å². The van der Waals surface area contributed by atoms with Crippen molar-refractivity contribution in [2.24, 2.45) is 5.92 Å². The second-order valence-corrected chi connectivity index (χ2v) is 9.71. The third-order valence-corrected chi connectivity index (χ3v) is 6.38. The first-order valence-electron chi connectivity index (χ1n) is 10.6. The molecule has 0 N–H and O–H groups in total. The molecular weight excluding hydrogens is 469 g/mol. The van der Waals surface area contributed by atoms with Crippen LogP contribution in [0.25, 0.3) is 11.1 Å². The van der Waals surface area contributed by atoms with Gasteiger partial charge in [-0.2, -0.15) is 13.2 Å². The molecule has 0 unspecified atom stereocenters. The number of hydrogen-bond donors (Lipinski definition) is 0. The average Bonchev–Trinajstić information content (AvgIpc) is 2.71. The minimum atomic E-state index is -4.13. The van der Waals surface area contributed by atoms with E-state index < -0.39 is 23.7 Å². The summed E-state index contributed by atoms with van der Waals surface area (Å²) < 4.78 is 45.1. The van der Waals surface area contributed by atoms with E-state index in [0.717, 1.165) is 22.3 Å². The Balaban J connectivity index is 2.03. The number of rotatable bonds is 4. The summed E-state index contributed by atoms with van der Waals surface area (Å²) in [5.41, 5.74) is 3.55. The summed E-state index contributed by atoms with van der Waals surface area (Å²) in [5.74, 6) is -1.60. The first kappa shape index (κ1) is 23.8. The number of ether oxygens (including phenoxy) is 1. The summed E-state index contributed by atoms with van der Waals surface area (Å²) in [6, 6.07) is 13.2. The predicted molar refractivity (Wildman–Crippen MR) is 120 cm³/mol. The summed E-state index contributed by atoms with van der Waals surface area (Å²) >= 11 is 3.54. The lowest BCUT2D eigenvalue weighted by atomic mass is 9.75. The number of benzene rings is 2. The maximum atomic E-state index is 13.2. The van der Waals surface area contributed by atoms with Crippen molar-refractivity contribution in [2.45, 2.75) is 69.5 Å². The number of esters is 1. The third kappa shape index (κ3) is 5.71. The molecule has 2 aromatic rings. The highest BCUT2D eigenvalue weighted by Crippen LogP contribution is 2.46. The molecule has 0 amide bonds. The Morgan fingerprint density at radius 1 is 1.00 bits per heavy atom. The van der Waals surface area contributed by atoms with Gasteiger partial charge in [0.15, 0.2) is 0 Å². The van der Waals surface area contributed by atoms with Crippen LogP contribution in [0, 0.1) is 5.92 Å². The Morgan fingerprint density at radius 3 is 2.23 bits per heavy atom. The number of carbonyl (C=O) groups is 1. The average molecular weight is 497 g/mol. The maximum Gasteiger partial charge on any atom is 0.391 e. The van der Waals surface area contributed by atoms with Crippen LogP contribution in [0.5, 0.6) is 0 Å². The van der Waals surface area contributed by atoms with E-state index in [0.29, 0.717) is 23.7 Å². The van der Waals surface area contributed by atoms with Gasteiger partial charge in [0.25, 0.3) is 0 Å². The minimum absolute atomic E-state index is 0.0271. The maximum absolute atomic E-state index is 13.2. The molecule has 2 nitrogen and oxygen atoms in total. The molecule has 0 heterocycles. The smallest absolute Gasteiger partial charge is 0.391 e. The van der Waals surface area contributed by atoms with Crippen molar-refractivity contribution in [3.63, 3.8) is 0 Å². The molecule has 0 bridgehead atoms. The zero-order chi connectivity index (χ0) is 22.8. The molecule has 0 spiro atoms. The van der Waals surface area contributed by atoms with Crippen molar-refractivity contribution < 1.29 is 22.7 Å². The molecule has 168 valence electrons. The van der Waals surface area contributed by atoms with Crippen molar-refractivity contribution in [3.05, 3.63) is 59.2 Å². The van der Waals surface area contributed by atoms with E-state index in [4.69, 9.17) is 4.74 Å². The Hall–Kier alpha value is -1.82. The van der Waals surface area contributed by atoms with Gasteiger partial charge in [0.2, 0.25) is 0 Å². The number of alkyl halides is 4. The largest absolute Gasteiger partial charge is 0.456 e. The third-order valence-electron chi connectivity index (χ3n) is 5.77. The van der Waals surface area contributed by atoms with Gasteiger partial charge in [-0.1, -0.05) is 52.3 Å². The van der Waals surface area contributed by atoms with Gasteiger partial charge in [-0.15, -0.1) is 0 Å². The monoisotopic (exact) mass is 496 g/mol. The molecule has 3 rings (SSSR count). The molecular formula is C25H28BrF3O2. The Morgan fingerprint density at radius 2 is 1.65 bits per heavy atom. The lowest BCUT2D eigenvalue weighted by Crippen LogP contribution is -2.27. The molecule has 0 atom stereocenters. The second kappa shape index (κ2) is 9.35. The number of halogens is 4. The van der Waals surface area contributed by atoms with Gasteiger partial charge in [-0.3, -0.25) is 0 Å². The highest BCUT2D eigenvalue weighted by Gasteiger charge is 2.42.